The highest BCUT2D eigenvalue weighted by atomic mass is 16.6. The van der Waals surface area contributed by atoms with Crippen LogP contribution in [0.5, 0.6) is 23.0 Å². The molecule has 8 heteroatoms. The molecule has 8 nitrogen and oxygen atoms in total. The highest BCUT2D eigenvalue weighted by Crippen LogP contribution is 2.46. The van der Waals surface area contributed by atoms with Crippen LogP contribution in [-0.2, 0) is 11.3 Å². The molecular weight excluding hydrogens is 534 g/mol. The Morgan fingerprint density at radius 2 is 1.60 bits per heavy atom. The number of allylic oxidation sites excluding steroid dienone is 2. The Kier molecular flexibility index (Phi) is 8.43. The summed E-state index contributed by atoms with van der Waals surface area (Å²) in [6.45, 7) is 2.31. The number of carbonyl (C=O) groups excluding carboxylic acids is 2. The van der Waals surface area contributed by atoms with Crippen LogP contribution < -0.4 is 24.3 Å². The third kappa shape index (κ3) is 5.93. The number of methoxy groups -OCH3 is 3. The van der Waals surface area contributed by atoms with Crippen LogP contribution in [0.2, 0.25) is 0 Å². The van der Waals surface area contributed by atoms with Crippen molar-refractivity contribution in [2.45, 2.75) is 19.9 Å². The molecule has 1 amide bonds. The molecular formula is C34H31NO7. The van der Waals surface area contributed by atoms with Gasteiger partial charge in [-0.25, -0.2) is 4.79 Å². The third-order valence-corrected chi connectivity index (χ3v) is 7.07. The summed E-state index contributed by atoms with van der Waals surface area (Å²) in [5, 5.41) is 2.93. The maximum Gasteiger partial charge on any atom is 0.343 e. The van der Waals surface area contributed by atoms with Gasteiger partial charge in [0.25, 0.3) is 0 Å². The Hall–Kier alpha value is -5.24. The summed E-state index contributed by atoms with van der Waals surface area (Å²) in [6.07, 6.45) is 3.77. The summed E-state index contributed by atoms with van der Waals surface area (Å²) >= 11 is 0. The van der Waals surface area contributed by atoms with Gasteiger partial charge in [0, 0.05) is 0 Å². The van der Waals surface area contributed by atoms with E-state index in [9.17, 15) is 9.59 Å². The van der Waals surface area contributed by atoms with E-state index in [1.165, 1.54) is 14.2 Å². The lowest BCUT2D eigenvalue weighted by Crippen LogP contribution is -2.22. The molecule has 1 heterocycles. The zero-order valence-corrected chi connectivity index (χ0v) is 23.9. The van der Waals surface area contributed by atoms with Gasteiger partial charge in [-0.2, -0.15) is 0 Å². The van der Waals surface area contributed by atoms with E-state index in [2.05, 4.69) is 5.32 Å². The Morgan fingerprint density at radius 3 is 2.24 bits per heavy atom. The molecule has 1 aliphatic carbocycles. The minimum atomic E-state index is -0.522. The standard InChI is InChI=1S/C34H31NO7/c1-21-27(15-22-16-30(39-3)33(31(17-22)40-4)42-34(37)23-9-6-5-7-10-23)26-13-12-24(38-2)18-29(26)28(21)19-32(36)35-20-25-11-8-14-41-25/h5-18H,19-20H2,1-4H3,(H,35,36)/b27-15-. The molecule has 5 rings (SSSR count). The van der Waals surface area contributed by atoms with Crippen LogP contribution in [0, 0.1) is 0 Å². The lowest BCUT2D eigenvalue weighted by Gasteiger charge is -2.15. The largest absolute Gasteiger partial charge is 0.497 e. The zero-order chi connectivity index (χ0) is 29.6. The number of rotatable bonds is 10. The van der Waals surface area contributed by atoms with E-state index >= 15 is 0 Å². The number of nitrogens with one attached hydrogen (secondary N) is 1. The maximum atomic E-state index is 13.0. The fourth-order valence-corrected chi connectivity index (χ4v) is 4.91. The van der Waals surface area contributed by atoms with Gasteiger partial charge in [0.05, 0.1) is 46.1 Å². The van der Waals surface area contributed by atoms with Gasteiger partial charge in [-0.1, -0.05) is 24.3 Å². The summed E-state index contributed by atoms with van der Waals surface area (Å²) in [7, 11) is 4.63. The van der Waals surface area contributed by atoms with Crippen LogP contribution in [0.25, 0.3) is 17.2 Å². The van der Waals surface area contributed by atoms with Gasteiger partial charge in [0.1, 0.15) is 11.5 Å². The van der Waals surface area contributed by atoms with E-state index in [4.69, 9.17) is 23.4 Å². The molecule has 0 saturated heterocycles. The Labute approximate surface area is 244 Å². The molecule has 0 fully saturated rings. The topological polar surface area (TPSA) is 96.2 Å². The number of amides is 1. The van der Waals surface area contributed by atoms with Gasteiger partial charge >= 0.3 is 5.97 Å². The number of esters is 1. The number of furan rings is 1. The molecule has 0 spiro atoms. The molecule has 0 saturated carbocycles. The highest BCUT2D eigenvalue weighted by molar-refractivity contribution is 6.08. The van der Waals surface area contributed by atoms with Crippen molar-refractivity contribution in [3.05, 3.63) is 113 Å². The van der Waals surface area contributed by atoms with E-state index in [1.54, 1.807) is 55.8 Å². The molecule has 0 unspecified atom stereocenters. The molecule has 0 bridgehead atoms. The van der Waals surface area contributed by atoms with Crippen molar-refractivity contribution in [2.24, 2.45) is 0 Å². The number of fused-ring (bicyclic) bond motifs is 1. The van der Waals surface area contributed by atoms with E-state index in [1.807, 2.05) is 43.3 Å². The minimum Gasteiger partial charge on any atom is -0.497 e. The molecule has 1 N–H and O–H groups in total. The van der Waals surface area contributed by atoms with Crippen molar-refractivity contribution in [1.82, 2.24) is 5.32 Å². The van der Waals surface area contributed by atoms with E-state index < -0.39 is 5.97 Å². The van der Waals surface area contributed by atoms with Crippen molar-refractivity contribution in [2.75, 3.05) is 21.3 Å². The van der Waals surface area contributed by atoms with Crippen LogP contribution in [-0.4, -0.2) is 33.2 Å². The average Bonchev–Trinajstić information content (AvgIpc) is 3.63. The quantitative estimate of drug-likeness (QED) is 0.172. The van der Waals surface area contributed by atoms with Crippen molar-refractivity contribution in [1.29, 1.82) is 0 Å². The van der Waals surface area contributed by atoms with Crippen LogP contribution in [0.15, 0.2) is 89.0 Å². The molecule has 0 radical (unpaired) electrons. The molecule has 0 aliphatic heterocycles. The molecule has 42 heavy (non-hydrogen) atoms. The number of hydrogen-bond acceptors (Lipinski definition) is 7. The Balaban J connectivity index is 1.49. The maximum absolute atomic E-state index is 13.0. The number of benzene rings is 3. The Morgan fingerprint density at radius 1 is 0.857 bits per heavy atom. The lowest BCUT2D eigenvalue weighted by atomic mass is 10.00. The van der Waals surface area contributed by atoms with Crippen molar-refractivity contribution in [3.8, 4) is 23.0 Å². The van der Waals surface area contributed by atoms with Crippen LogP contribution >= 0.6 is 0 Å². The molecule has 1 aliphatic rings. The normalized spacial score (nSPS) is 13.1. The van der Waals surface area contributed by atoms with Crippen molar-refractivity contribution in [3.63, 3.8) is 0 Å². The Bertz CT molecular complexity index is 1640. The van der Waals surface area contributed by atoms with E-state index in [-0.39, 0.29) is 18.1 Å². The number of hydrogen-bond donors (Lipinski definition) is 1. The SMILES string of the molecule is COc1ccc2c(c1)C(CC(=O)NCc1ccco1)=C(C)/C2=C/c1cc(OC)c(OC(=O)c2ccccc2)c(OC)c1. The summed E-state index contributed by atoms with van der Waals surface area (Å²) in [5.41, 5.74) is 5.89. The number of carbonyl (C=O) groups is 2. The van der Waals surface area contributed by atoms with Crippen LogP contribution in [0.4, 0.5) is 0 Å². The van der Waals surface area contributed by atoms with Gasteiger partial charge in [-0.3, -0.25) is 4.79 Å². The second-order valence-corrected chi connectivity index (χ2v) is 9.62. The average molecular weight is 566 g/mol. The first-order valence-corrected chi connectivity index (χ1v) is 13.3. The third-order valence-electron chi connectivity index (χ3n) is 7.07. The smallest absolute Gasteiger partial charge is 0.343 e. The van der Waals surface area contributed by atoms with Crippen molar-refractivity contribution >= 4 is 29.1 Å². The minimum absolute atomic E-state index is 0.122. The lowest BCUT2D eigenvalue weighted by molar-refractivity contribution is -0.120. The number of ether oxygens (including phenoxy) is 4. The first kappa shape index (κ1) is 28.3. The molecule has 214 valence electrons. The second-order valence-electron chi connectivity index (χ2n) is 9.62. The van der Waals surface area contributed by atoms with Gasteiger partial charge < -0.3 is 28.7 Å². The molecule has 1 aromatic heterocycles. The van der Waals surface area contributed by atoms with Gasteiger partial charge in [-0.05, 0) is 94.9 Å². The van der Waals surface area contributed by atoms with Crippen molar-refractivity contribution < 1.29 is 33.0 Å². The predicted molar refractivity (Wildman–Crippen MR) is 160 cm³/mol. The summed E-state index contributed by atoms with van der Waals surface area (Å²) in [6, 6.07) is 21.7. The molecule has 3 aromatic carbocycles. The fourth-order valence-electron chi connectivity index (χ4n) is 4.91. The highest BCUT2D eigenvalue weighted by Gasteiger charge is 2.27. The van der Waals surface area contributed by atoms with Gasteiger partial charge in [-0.15, -0.1) is 0 Å². The predicted octanol–water partition coefficient (Wildman–Crippen LogP) is 6.56. The summed E-state index contributed by atoms with van der Waals surface area (Å²) in [4.78, 5) is 25.7. The summed E-state index contributed by atoms with van der Waals surface area (Å²) in [5.74, 6) is 1.62. The second kappa shape index (κ2) is 12.5. The fraction of sp³-hybridized carbons (Fsp3) is 0.176. The first-order valence-electron chi connectivity index (χ1n) is 13.3. The molecule has 4 aromatic rings. The van der Waals surface area contributed by atoms with Crippen LogP contribution in [0.3, 0.4) is 0 Å². The first-order chi connectivity index (χ1) is 20.4. The zero-order valence-electron chi connectivity index (χ0n) is 23.9. The molecule has 0 atom stereocenters. The van der Waals surface area contributed by atoms with E-state index in [0.29, 0.717) is 35.1 Å². The van der Waals surface area contributed by atoms with Gasteiger partial charge in [0.15, 0.2) is 11.5 Å². The summed E-state index contributed by atoms with van der Waals surface area (Å²) < 4.78 is 27.7. The monoisotopic (exact) mass is 565 g/mol. The van der Waals surface area contributed by atoms with Gasteiger partial charge in [0.2, 0.25) is 11.7 Å². The van der Waals surface area contributed by atoms with E-state index in [0.717, 1.165) is 33.4 Å². The van der Waals surface area contributed by atoms with Crippen LogP contribution in [0.1, 0.15) is 46.2 Å².